The molecule has 1 aliphatic rings. The fourth-order valence-corrected chi connectivity index (χ4v) is 2.42. The molecule has 1 unspecified atom stereocenters. The number of carboxylic acid groups (broad SMARTS) is 1. The van der Waals surface area contributed by atoms with Crippen LogP contribution in [-0.4, -0.2) is 24.2 Å². The van der Waals surface area contributed by atoms with Crippen molar-refractivity contribution in [2.45, 2.75) is 19.5 Å². The van der Waals surface area contributed by atoms with Gasteiger partial charge in [0.05, 0.1) is 22.6 Å². The second-order valence-electron chi connectivity index (χ2n) is 5.38. The summed E-state index contributed by atoms with van der Waals surface area (Å²) >= 11 is 0. The summed E-state index contributed by atoms with van der Waals surface area (Å²) in [5, 5.41) is 18.0. The van der Waals surface area contributed by atoms with Crippen molar-refractivity contribution < 1.29 is 23.1 Å². The molecule has 1 aliphatic heterocycles. The normalized spacial score (nSPS) is 22.1. The van der Waals surface area contributed by atoms with Gasteiger partial charge in [0, 0.05) is 18.8 Å². The van der Waals surface area contributed by atoms with E-state index >= 15 is 0 Å². The maximum Gasteiger partial charge on any atom is 0.417 e. The molecule has 7 heteroatoms. The van der Waals surface area contributed by atoms with E-state index in [1.165, 1.54) is 6.07 Å². The molecule has 4 nitrogen and oxygen atoms in total. The summed E-state index contributed by atoms with van der Waals surface area (Å²) in [6.07, 6.45) is -4.17. The van der Waals surface area contributed by atoms with Gasteiger partial charge in [0.15, 0.2) is 0 Å². The summed E-state index contributed by atoms with van der Waals surface area (Å²) < 4.78 is 38.2. The van der Waals surface area contributed by atoms with Crippen LogP contribution in [0.15, 0.2) is 18.2 Å². The molecule has 1 heterocycles. The largest absolute Gasteiger partial charge is 0.481 e. The summed E-state index contributed by atoms with van der Waals surface area (Å²) in [7, 11) is 0. The quantitative estimate of drug-likeness (QED) is 0.912. The van der Waals surface area contributed by atoms with E-state index in [1.54, 1.807) is 17.9 Å². The highest BCUT2D eigenvalue weighted by Crippen LogP contribution is 2.37. The number of anilines is 1. The van der Waals surface area contributed by atoms with Crippen LogP contribution in [0.4, 0.5) is 18.9 Å². The lowest BCUT2D eigenvalue weighted by Gasteiger charge is -2.22. The summed E-state index contributed by atoms with van der Waals surface area (Å²) in [5.41, 5.74) is -1.92. The number of carboxylic acids is 1. The van der Waals surface area contributed by atoms with Crippen LogP contribution in [0.1, 0.15) is 24.5 Å². The molecule has 1 atom stereocenters. The minimum absolute atomic E-state index is 0.207. The van der Waals surface area contributed by atoms with Crippen molar-refractivity contribution in [2.75, 3.05) is 18.0 Å². The number of aliphatic carboxylic acids is 1. The minimum Gasteiger partial charge on any atom is -0.481 e. The van der Waals surface area contributed by atoms with Gasteiger partial charge in [-0.1, -0.05) is 0 Å². The van der Waals surface area contributed by atoms with Crippen LogP contribution in [-0.2, 0) is 11.0 Å². The molecule has 0 amide bonds. The zero-order valence-corrected chi connectivity index (χ0v) is 11.2. The third kappa shape index (κ3) is 2.79. The molecule has 0 aliphatic carbocycles. The summed E-state index contributed by atoms with van der Waals surface area (Å²) in [5.74, 6) is -0.933. The van der Waals surface area contributed by atoms with Crippen molar-refractivity contribution in [1.82, 2.24) is 0 Å². The molecule has 0 radical (unpaired) electrons. The standard InChI is InChI=1S/C14H13F3N2O2/c1-13(12(20)21)4-5-19(8-13)10-2-3-11(14(15,16)17)9(6-10)7-18/h2-3,6H,4-5,8H2,1H3,(H,20,21). The monoisotopic (exact) mass is 298 g/mol. The Balaban J connectivity index is 2.32. The number of hydrogen-bond acceptors (Lipinski definition) is 3. The number of nitrogens with zero attached hydrogens (tertiary/aromatic N) is 2. The van der Waals surface area contributed by atoms with Crippen LogP contribution in [0.5, 0.6) is 0 Å². The Morgan fingerprint density at radius 3 is 2.62 bits per heavy atom. The van der Waals surface area contributed by atoms with Crippen LogP contribution in [0.25, 0.3) is 0 Å². The van der Waals surface area contributed by atoms with Gasteiger partial charge in [0.25, 0.3) is 0 Å². The van der Waals surface area contributed by atoms with E-state index in [2.05, 4.69) is 0 Å². The number of nitriles is 1. The average molecular weight is 298 g/mol. The molecule has 0 bridgehead atoms. The van der Waals surface area contributed by atoms with E-state index in [0.717, 1.165) is 12.1 Å². The maximum atomic E-state index is 12.7. The first-order chi connectivity index (χ1) is 9.67. The van der Waals surface area contributed by atoms with Crippen LogP contribution < -0.4 is 4.90 Å². The Hall–Kier alpha value is -2.23. The van der Waals surface area contributed by atoms with Gasteiger partial charge in [-0.05, 0) is 31.5 Å². The zero-order chi connectivity index (χ0) is 15.8. The number of carbonyl (C=O) groups is 1. The van der Waals surface area contributed by atoms with Gasteiger partial charge in [-0.3, -0.25) is 4.79 Å². The second-order valence-corrected chi connectivity index (χ2v) is 5.38. The summed E-state index contributed by atoms with van der Waals surface area (Å²) in [6.45, 7) is 2.24. The first-order valence-corrected chi connectivity index (χ1v) is 6.27. The third-order valence-electron chi connectivity index (χ3n) is 3.78. The Kier molecular flexibility index (Phi) is 3.58. The molecule has 21 heavy (non-hydrogen) atoms. The lowest BCUT2D eigenvalue weighted by molar-refractivity contribution is -0.146. The summed E-state index contributed by atoms with van der Waals surface area (Å²) in [4.78, 5) is 12.9. The highest BCUT2D eigenvalue weighted by atomic mass is 19.4. The fraction of sp³-hybridized carbons (Fsp3) is 0.429. The Labute approximate surface area is 119 Å². The smallest absolute Gasteiger partial charge is 0.417 e. The Bertz CT molecular complexity index is 622. The molecule has 1 aromatic carbocycles. The van der Waals surface area contributed by atoms with Gasteiger partial charge >= 0.3 is 12.1 Å². The SMILES string of the molecule is CC1(C(=O)O)CCN(c2ccc(C(F)(F)F)c(C#N)c2)C1. The zero-order valence-electron chi connectivity index (χ0n) is 11.2. The van der Waals surface area contributed by atoms with E-state index in [1.807, 2.05) is 0 Å². The van der Waals surface area contributed by atoms with E-state index in [9.17, 15) is 18.0 Å². The molecule has 1 fully saturated rings. The first kappa shape index (κ1) is 15.2. The van der Waals surface area contributed by atoms with Crippen molar-refractivity contribution >= 4 is 11.7 Å². The van der Waals surface area contributed by atoms with Crippen molar-refractivity contribution in [3.8, 4) is 6.07 Å². The molecular weight excluding hydrogens is 285 g/mol. The lowest BCUT2D eigenvalue weighted by atomic mass is 9.90. The molecule has 1 saturated heterocycles. The second kappa shape index (κ2) is 4.95. The van der Waals surface area contributed by atoms with Crippen LogP contribution in [0, 0.1) is 16.7 Å². The van der Waals surface area contributed by atoms with E-state index in [0.29, 0.717) is 18.7 Å². The number of benzene rings is 1. The number of hydrogen-bond donors (Lipinski definition) is 1. The van der Waals surface area contributed by atoms with Crippen LogP contribution in [0.3, 0.4) is 0 Å². The predicted molar refractivity (Wildman–Crippen MR) is 68.7 cm³/mol. The summed E-state index contributed by atoms with van der Waals surface area (Å²) in [6, 6.07) is 4.85. The first-order valence-electron chi connectivity index (χ1n) is 6.27. The minimum atomic E-state index is -4.58. The van der Waals surface area contributed by atoms with Crippen LogP contribution >= 0.6 is 0 Å². The van der Waals surface area contributed by atoms with Crippen LogP contribution in [0.2, 0.25) is 0 Å². The molecule has 1 aromatic rings. The van der Waals surface area contributed by atoms with Crippen molar-refractivity contribution in [1.29, 1.82) is 5.26 Å². The topological polar surface area (TPSA) is 64.3 Å². The molecule has 2 rings (SSSR count). The third-order valence-corrected chi connectivity index (χ3v) is 3.78. The number of alkyl halides is 3. The Morgan fingerprint density at radius 1 is 1.48 bits per heavy atom. The van der Waals surface area contributed by atoms with Gasteiger partial charge in [0.1, 0.15) is 0 Å². The molecule has 0 aromatic heterocycles. The molecule has 112 valence electrons. The van der Waals surface area contributed by atoms with Gasteiger partial charge in [-0.25, -0.2) is 0 Å². The number of rotatable bonds is 2. The van der Waals surface area contributed by atoms with Crippen molar-refractivity contribution in [3.63, 3.8) is 0 Å². The highest BCUT2D eigenvalue weighted by Gasteiger charge is 2.41. The molecule has 0 saturated carbocycles. The van der Waals surface area contributed by atoms with Crippen molar-refractivity contribution in [3.05, 3.63) is 29.3 Å². The maximum absolute atomic E-state index is 12.7. The highest BCUT2D eigenvalue weighted by molar-refractivity contribution is 5.76. The number of halogens is 3. The molecule has 0 spiro atoms. The molecule has 1 N–H and O–H groups in total. The van der Waals surface area contributed by atoms with E-state index in [4.69, 9.17) is 10.4 Å². The predicted octanol–water partition coefficient (Wildman–Crippen LogP) is 2.88. The van der Waals surface area contributed by atoms with E-state index < -0.39 is 28.7 Å². The van der Waals surface area contributed by atoms with Gasteiger partial charge in [-0.15, -0.1) is 0 Å². The van der Waals surface area contributed by atoms with E-state index in [-0.39, 0.29) is 6.54 Å². The van der Waals surface area contributed by atoms with Crippen molar-refractivity contribution in [2.24, 2.45) is 5.41 Å². The van der Waals surface area contributed by atoms with Gasteiger partial charge in [-0.2, -0.15) is 18.4 Å². The van der Waals surface area contributed by atoms with Gasteiger partial charge in [0.2, 0.25) is 0 Å². The Morgan fingerprint density at radius 2 is 2.14 bits per heavy atom. The lowest BCUT2D eigenvalue weighted by Crippen LogP contribution is -2.31. The molecular formula is C14H13F3N2O2. The average Bonchev–Trinajstić information content (AvgIpc) is 2.81. The van der Waals surface area contributed by atoms with Gasteiger partial charge < -0.3 is 10.0 Å². The fourth-order valence-electron chi connectivity index (χ4n) is 2.42.